The van der Waals surface area contributed by atoms with Crippen molar-refractivity contribution in [3.8, 4) is 11.8 Å². The molecule has 20 heavy (non-hydrogen) atoms. The highest BCUT2D eigenvalue weighted by atomic mass is 16.2. The molecular weight excluding hydrogens is 252 g/mol. The van der Waals surface area contributed by atoms with Gasteiger partial charge in [-0.1, -0.05) is 24.0 Å². The van der Waals surface area contributed by atoms with Crippen molar-refractivity contribution in [3.63, 3.8) is 0 Å². The van der Waals surface area contributed by atoms with Gasteiger partial charge in [0.15, 0.2) is 0 Å². The van der Waals surface area contributed by atoms with Crippen molar-refractivity contribution in [2.75, 3.05) is 19.7 Å². The highest BCUT2D eigenvalue weighted by Gasteiger charge is 2.16. The first-order valence-corrected chi connectivity index (χ1v) is 7.01. The Bertz CT molecular complexity index is 493. The van der Waals surface area contributed by atoms with E-state index in [2.05, 4.69) is 17.2 Å². The number of aliphatic hydroxyl groups is 1. The number of hydrogen-bond acceptors (Lipinski definition) is 2. The van der Waals surface area contributed by atoms with E-state index < -0.39 is 0 Å². The highest BCUT2D eigenvalue weighted by Crippen LogP contribution is 2.08. The average molecular weight is 272 g/mol. The van der Waals surface area contributed by atoms with Crippen molar-refractivity contribution in [1.82, 2.24) is 10.2 Å². The van der Waals surface area contributed by atoms with Crippen LogP contribution in [0.1, 0.15) is 30.4 Å². The molecule has 0 aliphatic carbocycles. The molecule has 1 aromatic carbocycles. The van der Waals surface area contributed by atoms with E-state index in [1.807, 2.05) is 29.2 Å². The monoisotopic (exact) mass is 272 g/mol. The Balaban J connectivity index is 1.81. The summed E-state index contributed by atoms with van der Waals surface area (Å²) in [6.45, 7) is 2.36. The second-order valence-corrected chi connectivity index (χ2v) is 4.83. The van der Waals surface area contributed by atoms with Crippen molar-refractivity contribution in [2.45, 2.75) is 25.8 Å². The average Bonchev–Trinajstić information content (AvgIpc) is 3.01. The Morgan fingerprint density at radius 3 is 2.60 bits per heavy atom. The summed E-state index contributed by atoms with van der Waals surface area (Å²) in [7, 11) is 0. The van der Waals surface area contributed by atoms with Gasteiger partial charge < -0.3 is 15.3 Å². The van der Waals surface area contributed by atoms with Gasteiger partial charge in [0.2, 0.25) is 0 Å². The van der Waals surface area contributed by atoms with Crippen LogP contribution in [-0.2, 0) is 6.54 Å². The van der Waals surface area contributed by atoms with E-state index in [9.17, 15) is 4.79 Å². The summed E-state index contributed by atoms with van der Waals surface area (Å²) in [6, 6.07) is 7.82. The zero-order valence-electron chi connectivity index (χ0n) is 11.6. The minimum absolute atomic E-state index is 0.0225. The standard InChI is InChI=1S/C16H20N2O2/c19-12-4-1-5-14-6-8-15(9-7-14)13-17-16(20)18-10-2-3-11-18/h6-9,19H,2-4,10-13H2,(H,17,20). The number of carbonyl (C=O) groups is 1. The van der Waals surface area contributed by atoms with Gasteiger partial charge in [0, 0.05) is 31.6 Å². The lowest BCUT2D eigenvalue weighted by Crippen LogP contribution is -2.37. The van der Waals surface area contributed by atoms with Crippen LogP contribution in [0.15, 0.2) is 24.3 Å². The molecule has 0 atom stereocenters. The normalized spacial score (nSPS) is 13.8. The number of likely N-dealkylation sites (tertiary alicyclic amines) is 1. The summed E-state index contributed by atoms with van der Waals surface area (Å²) in [6.07, 6.45) is 2.71. The second kappa shape index (κ2) is 7.56. The number of nitrogens with one attached hydrogen (secondary N) is 1. The number of aliphatic hydroxyl groups excluding tert-OH is 1. The van der Waals surface area contributed by atoms with Gasteiger partial charge in [-0.05, 0) is 30.5 Å². The van der Waals surface area contributed by atoms with Crippen LogP contribution in [0.5, 0.6) is 0 Å². The summed E-state index contributed by atoms with van der Waals surface area (Å²) >= 11 is 0. The van der Waals surface area contributed by atoms with Gasteiger partial charge in [-0.3, -0.25) is 0 Å². The molecule has 1 aliphatic rings. The maximum atomic E-state index is 11.8. The molecule has 4 nitrogen and oxygen atoms in total. The Kier molecular flexibility index (Phi) is 5.45. The molecule has 1 fully saturated rings. The molecule has 2 amide bonds. The molecule has 2 rings (SSSR count). The maximum Gasteiger partial charge on any atom is 0.317 e. The van der Waals surface area contributed by atoms with E-state index in [1.165, 1.54) is 0 Å². The van der Waals surface area contributed by atoms with Crippen LogP contribution in [0.4, 0.5) is 4.79 Å². The van der Waals surface area contributed by atoms with Crippen LogP contribution < -0.4 is 5.32 Å². The SMILES string of the molecule is O=C(NCc1ccc(C#CCCO)cc1)N1CCCC1. The van der Waals surface area contributed by atoms with Gasteiger partial charge >= 0.3 is 6.03 Å². The molecule has 1 aromatic rings. The van der Waals surface area contributed by atoms with Crippen LogP contribution in [-0.4, -0.2) is 35.7 Å². The zero-order valence-corrected chi connectivity index (χ0v) is 11.6. The molecule has 4 heteroatoms. The first-order valence-electron chi connectivity index (χ1n) is 7.01. The maximum absolute atomic E-state index is 11.8. The van der Waals surface area contributed by atoms with Gasteiger partial charge in [-0.25, -0.2) is 4.79 Å². The second-order valence-electron chi connectivity index (χ2n) is 4.83. The third-order valence-electron chi connectivity index (χ3n) is 3.26. The fraction of sp³-hybridized carbons (Fsp3) is 0.438. The van der Waals surface area contributed by atoms with Gasteiger partial charge in [-0.15, -0.1) is 0 Å². The lowest BCUT2D eigenvalue weighted by molar-refractivity contribution is 0.208. The summed E-state index contributed by atoms with van der Waals surface area (Å²) in [5.74, 6) is 5.86. The number of hydrogen-bond donors (Lipinski definition) is 2. The first-order chi connectivity index (χ1) is 9.79. The quantitative estimate of drug-likeness (QED) is 0.823. The lowest BCUT2D eigenvalue weighted by Gasteiger charge is -2.16. The van der Waals surface area contributed by atoms with Crippen LogP contribution in [0.2, 0.25) is 0 Å². The Labute approximate surface area is 119 Å². The Morgan fingerprint density at radius 2 is 1.95 bits per heavy atom. The van der Waals surface area contributed by atoms with Gasteiger partial charge in [0.25, 0.3) is 0 Å². The third-order valence-corrected chi connectivity index (χ3v) is 3.26. The van der Waals surface area contributed by atoms with E-state index in [0.717, 1.165) is 37.1 Å². The molecule has 1 saturated heterocycles. The number of amides is 2. The van der Waals surface area contributed by atoms with Crippen molar-refractivity contribution in [1.29, 1.82) is 0 Å². The number of urea groups is 1. The molecule has 1 heterocycles. The molecule has 0 spiro atoms. The number of nitrogens with zero attached hydrogens (tertiary/aromatic N) is 1. The third kappa shape index (κ3) is 4.29. The van der Waals surface area contributed by atoms with Crippen molar-refractivity contribution in [3.05, 3.63) is 35.4 Å². The molecule has 106 valence electrons. The van der Waals surface area contributed by atoms with Gasteiger partial charge in [0.05, 0.1) is 6.61 Å². The van der Waals surface area contributed by atoms with E-state index in [4.69, 9.17) is 5.11 Å². The number of rotatable bonds is 3. The molecular formula is C16H20N2O2. The molecule has 0 bridgehead atoms. The Morgan fingerprint density at radius 1 is 1.25 bits per heavy atom. The summed E-state index contributed by atoms with van der Waals surface area (Å²) in [5.41, 5.74) is 1.98. The van der Waals surface area contributed by atoms with Crippen molar-refractivity contribution < 1.29 is 9.90 Å². The summed E-state index contributed by atoms with van der Waals surface area (Å²) in [4.78, 5) is 13.7. The summed E-state index contributed by atoms with van der Waals surface area (Å²) in [5, 5.41) is 11.6. The minimum atomic E-state index is 0.0225. The van der Waals surface area contributed by atoms with Crippen LogP contribution >= 0.6 is 0 Å². The minimum Gasteiger partial charge on any atom is -0.395 e. The fourth-order valence-electron chi connectivity index (χ4n) is 2.14. The molecule has 0 radical (unpaired) electrons. The number of carbonyl (C=O) groups excluding carboxylic acids is 1. The fourth-order valence-corrected chi connectivity index (χ4v) is 2.14. The lowest BCUT2D eigenvalue weighted by atomic mass is 10.1. The van der Waals surface area contributed by atoms with Gasteiger partial charge in [0.1, 0.15) is 0 Å². The predicted octanol–water partition coefficient (Wildman–Crippen LogP) is 1.73. The van der Waals surface area contributed by atoms with Crippen molar-refractivity contribution in [2.24, 2.45) is 0 Å². The molecule has 0 saturated carbocycles. The number of benzene rings is 1. The smallest absolute Gasteiger partial charge is 0.317 e. The largest absolute Gasteiger partial charge is 0.395 e. The Hall–Kier alpha value is -1.99. The van der Waals surface area contributed by atoms with E-state index in [-0.39, 0.29) is 12.6 Å². The van der Waals surface area contributed by atoms with Crippen LogP contribution in [0, 0.1) is 11.8 Å². The van der Waals surface area contributed by atoms with E-state index in [0.29, 0.717) is 13.0 Å². The zero-order chi connectivity index (χ0) is 14.2. The van der Waals surface area contributed by atoms with Crippen LogP contribution in [0.25, 0.3) is 0 Å². The predicted molar refractivity (Wildman–Crippen MR) is 78.1 cm³/mol. The first kappa shape index (κ1) is 14.4. The van der Waals surface area contributed by atoms with Crippen LogP contribution in [0.3, 0.4) is 0 Å². The molecule has 1 aliphatic heterocycles. The molecule has 2 N–H and O–H groups in total. The topological polar surface area (TPSA) is 52.6 Å². The molecule has 0 aromatic heterocycles. The van der Waals surface area contributed by atoms with E-state index in [1.54, 1.807) is 0 Å². The van der Waals surface area contributed by atoms with Crippen molar-refractivity contribution >= 4 is 6.03 Å². The summed E-state index contributed by atoms with van der Waals surface area (Å²) < 4.78 is 0. The van der Waals surface area contributed by atoms with E-state index >= 15 is 0 Å². The highest BCUT2D eigenvalue weighted by molar-refractivity contribution is 5.74. The van der Waals surface area contributed by atoms with Gasteiger partial charge in [-0.2, -0.15) is 0 Å². The molecule has 0 unspecified atom stereocenters.